The van der Waals surface area contributed by atoms with E-state index in [1.165, 1.54) is 18.4 Å². The molecule has 0 aromatic heterocycles. The van der Waals surface area contributed by atoms with Crippen LogP contribution in [0.5, 0.6) is 5.75 Å². The normalized spacial score (nSPS) is 28.8. The molecule has 3 nitrogen and oxygen atoms in total. The van der Waals surface area contributed by atoms with Crippen molar-refractivity contribution in [2.75, 3.05) is 19.7 Å². The molecule has 1 fully saturated rings. The Hall–Kier alpha value is -1.06. The molecule has 0 bridgehead atoms. The molecule has 3 heteroatoms. The molecular formula is C14H20N2O. The fourth-order valence-corrected chi connectivity index (χ4v) is 2.94. The molecule has 1 aliphatic heterocycles. The minimum atomic E-state index is 0.676. The summed E-state index contributed by atoms with van der Waals surface area (Å²) in [6, 6.07) is 9.05. The Balaban J connectivity index is 1.76. The van der Waals surface area contributed by atoms with Gasteiger partial charge in [-0.1, -0.05) is 18.2 Å². The third kappa shape index (κ3) is 2.05. The lowest BCUT2D eigenvalue weighted by atomic mass is 9.78. The van der Waals surface area contributed by atoms with Crippen molar-refractivity contribution in [2.45, 2.75) is 25.4 Å². The van der Waals surface area contributed by atoms with Crippen LogP contribution in [-0.4, -0.2) is 30.6 Å². The zero-order valence-electron chi connectivity index (χ0n) is 10.1. The summed E-state index contributed by atoms with van der Waals surface area (Å²) in [5, 5.41) is 0. The summed E-state index contributed by atoms with van der Waals surface area (Å²) in [6.45, 7) is 3.65. The maximum atomic E-state index is 5.81. The second-order valence-electron chi connectivity index (χ2n) is 5.07. The van der Waals surface area contributed by atoms with Gasteiger partial charge in [0.2, 0.25) is 0 Å². The number of benzene rings is 1. The largest absolute Gasteiger partial charge is 0.492 e. The SMILES string of the molecule is NCC1CCC1N1CCOc2ccccc2C1. The van der Waals surface area contributed by atoms with Crippen LogP contribution in [0.25, 0.3) is 0 Å². The van der Waals surface area contributed by atoms with Gasteiger partial charge in [-0.2, -0.15) is 0 Å². The Morgan fingerprint density at radius 1 is 1.29 bits per heavy atom. The number of fused-ring (bicyclic) bond motifs is 1. The molecule has 92 valence electrons. The van der Waals surface area contributed by atoms with E-state index >= 15 is 0 Å². The van der Waals surface area contributed by atoms with E-state index in [4.69, 9.17) is 10.5 Å². The van der Waals surface area contributed by atoms with Crippen LogP contribution in [0.2, 0.25) is 0 Å². The minimum absolute atomic E-state index is 0.676. The molecule has 17 heavy (non-hydrogen) atoms. The first-order valence-corrected chi connectivity index (χ1v) is 6.53. The third-order valence-corrected chi connectivity index (χ3v) is 4.13. The van der Waals surface area contributed by atoms with Crippen molar-refractivity contribution in [1.82, 2.24) is 4.90 Å². The van der Waals surface area contributed by atoms with Crippen LogP contribution in [0.15, 0.2) is 24.3 Å². The van der Waals surface area contributed by atoms with Gasteiger partial charge in [0.25, 0.3) is 0 Å². The first-order chi connectivity index (χ1) is 8.38. The van der Waals surface area contributed by atoms with Gasteiger partial charge in [0.1, 0.15) is 12.4 Å². The van der Waals surface area contributed by atoms with Gasteiger partial charge in [0, 0.05) is 24.7 Å². The average molecular weight is 232 g/mol. The lowest BCUT2D eigenvalue weighted by Gasteiger charge is -2.43. The monoisotopic (exact) mass is 232 g/mol. The highest BCUT2D eigenvalue weighted by atomic mass is 16.5. The van der Waals surface area contributed by atoms with Crippen molar-refractivity contribution in [3.8, 4) is 5.75 Å². The molecule has 1 saturated carbocycles. The van der Waals surface area contributed by atoms with Gasteiger partial charge in [-0.05, 0) is 31.4 Å². The first kappa shape index (κ1) is 11.1. The van der Waals surface area contributed by atoms with Gasteiger partial charge in [-0.25, -0.2) is 0 Å². The maximum Gasteiger partial charge on any atom is 0.123 e. The number of nitrogens with zero attached hydrogens (tertiary/aromatic N) is 1. The summed E-state index contributed by atoms with van der Waals surface area (Å²) < 4.78 is 5.79. The van der Waals surface area contributed by atoms with Crippen molar-refractivity contribution in [2.24, 2.45) is 11.7 Å². The smallest absolute Gasteiger partial charge is 0.123 e. The van der Waals surface area contributed by atoms with E-state index in [0.717, 1.165) is 32.0 Å². The first-order valence-electron chi connectivity index (χ1n) is 6.53. The van der Waals surface area contributed by atoms with Gasteiger partial charge < -0.3 is 10.5 Å². The Morgan fingerprint density at radius 3 is 2.94 bits per heavy atom. The molecule has 0 radical (unpaired) electrons. The maximum absolute atomic E-state index is 5.81. The lowest BCUT2D eigenvalue weighted by molar-refractivity contribution is 0.0558. The van der Waals surface area contributed by atoms with Crippen LogP contribution in [0, 0.1) is 5.92 Å². The van der Waals surface area contributed by atoms with Gasteiger partial charge >= 0.3 is 0 Å². The van der Waals surface area contributed by atoms with E-state index in [1.54, 1.807) is 0 Å². The summed E-state index contributed by atoms with van der Waals surface area (Å²) in [5.41, 5.74) is 7.12. The second-order valence-corrected chi connectivity index (χ2v) is 5.07. The van der Waals surface area contributed by atoms with Crippen molar-refractivity contribution < 1.29 is 4.74 Å². The molecule has 2 unspecified atom stereocenters. The van der Waals surface area contributed by atoms with Gasteiger partial charge in [-0.3, -0.25) is 4.90 Å². The number of hydrogen-bond acceptors (Lipinski definition) is 3. The third-order valence-electron chi connectivity index (χ3n) is 4.13. The number of nitrogens with two attached hydrogens (primary N) is 1. The number of ether oxygens (including phenoxy) is 1. The van der Waals surface area contributed by atoms with Gasteiger partial charge in [0.15, 0.2) is 0 Å². The standard InChI is InChI=1S/C14H20N2O/c15-9-11-5-6-13(11)16-7-8-17-14-4-2-1-3-12(14)10-16/h1-4,11,13H,5-10,15H2. The molecule has 0 spiro atoms. The van der Waals surface area contributed by atoms with E-state index in [-0.39, 0.29) is 0 Å². The van der Waals surface area contributed by atoms with Crippen molar-refractivity contribution in [3.05, 3.63) is 29.8 Å². The zero-order chi connectivity index (χ0) is 11.7. The molecule has 2 atom stereocenters. The molecule has 2 N–H and O–H groups in total. The Bertz CT molecular complexity index is 392. The Labute approximate surface area is 103 Å². The molecule has 0 saturated heterocycles. The van der Waals surface area contributed by atoms with E-state index < -0.39 is 0 Å². The summed E-state index contributed by atoms with van der Waals surface area (Å²) in [5.74, 6) is 1.75. The quantitative estimate of drug-likeness (QED) is 0.842. The lowest BCUT2D eigenvalue weighted by Crippen LogP contribution is -2.50. The minimum Gasteiger partial charge on any atom is -0.492 e. The topological polar surface area (TPSA) is 38.5 Å². The molecule has 3 rings (SSSR count). The van der Waals surface area contributed by atoms with Crippen LogP contribution in [0.3, 0.4) is 0 Å². The molecule has 1 aromatic rings. The fraction of sp³-hybridized carbons (Fsp3) is 0.571. The highest BCUT2D eigenvalue weighted by molar-refractivity contribution is 5.33. The van der Waals surface area contributed by atoms with Crippen molar-refractivity contribution in [1.29, 1.82) is 0 Å². The second kappa shape index (κ2) is 4.67. The zero-order valence-corrected chi connectivity index (χ0v) is 10.1. The predicted octanol–water partition coefficient (Wildman–Crippen LogP) is 1.62. The molecule has 1 heterocycles. The Morgan fingerprint density at radius 2 is 2.18 bits per heavy atom. The van der Waals surface area contributed by atoms with Gasteiger partial charge in [-0.15, -0.1) is 0 Å². The molecular weight excluding hydrogens is 212 g/mol. The summed E-state index contributed by atoms with van der Waals surface area (Å²) in [4.78, 5) is 2.55. The molecule has 1 aliphatic carbocycles. The van der Waals surface area contributed by atoms with Gasteiger partial charge in [0.05, 0.1) is 0 Å². The highest BCUT2D eigenvalue weighted by Gasteiger charge is 2.35. The van der Waals surface area contributed by atoms with Crippen molar-refractivity contribution in [3.63, 3.8) is 0 Å². The van der Waals surface area contributed by atoms with E-state index in [0.29, 0.717) is 12.0 Å². The number of rotatable bonds is 2. The summed E-state index contributed by atoms with van der Waals surface area (Å²) in [7, 11) is 0. The molecule has 0 amide bonds. The van der Waals surface area contributed by atoms with E-state index in [9.17, 15) is 0 Å². The Kier molecular flexibility index (Phi) is 3.04. The highest BCUT2D eigenvalue weighted by Crippen LogP contribution is 2.34. The van der Waals surface area contributed by atoms with Crippen LogP contribution >= 0.6 is 0 Å². The van der Waals surface area contributed by atoms with Crippen LogP contribution < -0.4 is 10.5 Å². The summed E-state index contributed by atoms with van der Waals surface area (Å²) >= 11 is 0. The van der Waals surface area contributed by atoms with E-state index in [1.807, 2.05) is 6.07 Å². The van der Waals surface area contributed by atoms with Crippen LogP contribution in [0.4, 0.5) is 0 Å². The van der Waals surface area contributed by atoms with Crippen LogP contribution in [-0.2, 0) is 6.54 Å². The average Bonchev–Trinajstić information content (AvgIpc) is 2.50. The predicted molar refractivity (Wildman–Crippen MR) is 67.9 cm³/mol. The van der Waals surface area contributed by atoms with E-state index in [2.05, 4.69) is 23.1 Å². The number of hydrogen-bond donors (Lipinski definition) is 1. The van der Waals surface area contributed by atoms with Crippen LogP contribution in [0.1, 0.15) is 18.4 Å². The fourth-order valence-electron chi connectivity index (χ4n) is 2.94. The number of para-hydroxylation sites is 1. The van der Waals surface area contributed by atoms with Crippen molar-refractivity contribution >= 4 is 0 Å². The summed E-state index contributed by atoms with van der Waals surface area (Å²) in [6.07, 6.45) is 2.59. The molecule has 2 aliphatic rings. The molecule has 1 aromatic carbocycles.